The Kier molecular flexibility index (Phi) is 6.01. The number of rotatable bonds is 7. The summed E-state index contributed by atoms with van der Waals surface area (Å²) < 4.78 is 10.8. The number of nitrogens with zero attached hydrogens (tertiary/aromatic N) is 2. The Labute approximate surface area is 164 Å². The summed E-state index contributed by atoms with van der Waals surface area (Å²) in [5.74, 6) is 0.0322. The van der Waals surface area contributed by atoms with Crippen molar-refractivity contribution in [2.45, 2.75) is 26.1 Å². The fraction of sp³-hybridized carbons (Fsp3) is 0.227. The highest BCUT2D eigenvalue weighted by Crippen LogP contribution is 2.23. The Morgan fingerprint density at radius 2 is 1.64 bits per heavy atom. The van der Waals surface area contributed by atoms with E-state index in [1.807, 2.05) is 36.4 Å². The van der Waals surface area contributed by atoms with Crippen LogP contribution in [0.15, 0.2) is 66.9 Å². The van der Waals surface area contributed by atoms with E-state index in [9.17, 15) is 4.79 Å². The molecule has 0 radical (unpaired) electrons. The van der Waals surface area contributed by atoms with Crippen molar-refractivity contribution in [3.05, 3.63) is 72.4 Å². The fourth-order valence-electron chi connectivity index (χ4n) is 2.64. The molecule has 0 unspecified atom stereocenters. The van der Waals surface area contributed by atoms with Gasteiger partial charge in [-0.1, -0.05) is 36.4 Å². The zero-order valence-electron chi connectivity index (χ0n) is 16.2. The van der Waals surface area contributed by atoms with Gasteiger partial charge in [-0.15, -0.1) is 5.10 Å². The van der Waals surface area contributed by atoms with Crippen molar-refractivity contribution >= 4 is 11.6 Å². The number of ether oxygens (including phenoxy) is 2. The van der Waals surface area contributed by atoms with Crippen molar-refractivity contribution in [2.24, 2.45) is 0 Å². The largest absolute Gasteiger partial charge is 0.460 e. The predicted molar refractivity (Wildman–Crippen MR) is 108 cm³/mol. The molecule has 144 valence electrons. The van der Waals surface area contributed by atoms with E-state index < -0.39 is 5.60 Å². The average Bonchev–Trinajstić information content (AvgIpc) is 2.70. The molecule has 0 bridgehead atoms. The maximum atomic E-state index is 12.6. The van der Waals surface area contributed by atoms with Crippen LogP contribution in [-0.2, 0) is 16.1 Å². The number of hydrogen-bond acceptors (Lipinski definition) is 5. The highest BCUT2D eigenvalue weighted by atomic mass is 16.5. The van der Waals surface area contributed by atoms with Crippen LogP contribution in [0.2, 0.25) is 0 Å². The standard InChI is InChI=1S/C22H23N3O3/c1-22(2,28-20-5-4-14-23-25-20)21(26)24-19-12-10-18(11-13-19)17-8-6-16(7-9-17)15-27-3/h4-14H,15H2,1-3H3,(H,24,26). The van der Waals surface area contributed by atoms with Crippen LogP contribution in [0.3, 0.4) is 0 Å². The van der Waals surface area contributed by atoms with Gasteiger partial charge in [0.25, 0.3) is 5.91 Å². The van der Waals surface area contributed by atoms with E-state index >= 15 is 0 Å². The monoisotopic (exact) mass is 377 g/mol. The topological polar surface area (TPSA) is 73.3 Å². The molecule has 0 atom stereocenters. The first-order chi connectivity index (χ1) is 13.5. The molecule has 1 aromatic heterocycles. The quantitative estimate of drug-likeness (QED) is 0.671. The molecule has 3 rings (SSSR count). The van der Waals surface area contributed by atoms with Crippen molar-refractivity contribution < 1.29 is 14.3 Å². The van der Waals surface area contributed by atoms with Crippen molar-refractivity contribution in [1.29, 1.82) is 0 Å². The second kappa shape index (κ2) is 8.63. The molecule has 0 aliphatic heterocycles. The highest BCUT2D eigenvalue weighted by molar-refractivity contribution is 5.97. The number of methoxy groups -OCH3 is 1. The number of amides is 1. The summed E-state index contributed by atoms with van der Waals surface area (Å²) in [5.41, 5.74) is 2.90. The molecule has 0 spiro atoms. The smallest absolute Gasteiger partial charge is 0.268 e. The molecule has 1 N–H and O–H groups in total. The van der Waals surface area contributed by atoms with Crippen LogP contribution in [0.1, 0.15) is 19.4 Å². The SMILES string of the molecule is COCc1ccc(-c2ccc(NC(=O)C(C)(C)Oc3cccnn3)cc2)cc1. The Morgan fingerprint density at radius 3 is 2.21 bits per heavy atom. The van der Waals surface area contributed by atoms with Crippen LogP contribution >= 0.6 is 0 Å². The van der Waals surface area contributed by atoms with Crippen LogP contribution < -0.4 is 10.1 Å². The first-order valence-electron chi connectivity index (χ1n) is 8.94. The van der Waals surface area contributed by atoms with Crippen LogP contribution in [-0.4, -0.2) is 28.8 Å². The lowest BCUT2D eigenvalue weighted by atomic mass is 10.0. The van der Waals surface area contributed by atoms with Gasteiger partial charge >= 0.3 is 0 Å². The Hall–Kier alpha value is -3.25. The zero-order chi connectivity index (χ0) is 20.0. The van der Waals surface area contributed by atoms with E-state index in [2.05, 4.69) is 27.6 Å². The molecule has 1 heterocycles. The third-order valence-corrected chi connectivity index (χ3v) is 4.20. The third kappa shape index (κ3) is 4.92. The van der Waals surface area contributed by atoms with Gasteiger partial charge in [0, 0.05) is 25.1 Å². The molecule has 6 heteroatoms. The van der Waals surface area contributed by atoms with Crippen molar-refractivity contribution in [2.75, 3.05) is 12.4 Å². The Bertz CT molecular complexity index is 908. The molecular weight excluding hydrogens is 354 g/mol. The minimum atomic E-state index is -1.09. The molecule has 2 aromatic carbocycles. The van der Waals surface area contributed by atoms with Crippen molar-refractivity contribution in [1.82, 2.24) is 10.2 Å². The second-order valence-electron chi connectivity index (χ2n) is 6.84. The van der Waals surface area contributed by atoms with E-state index in [1.54, 1.807) is 39.3 Å². The normalized spacial score (nSPS) is 11.1. The molecule has 3 aromatic rings. The molecule has 0 aliphatic carbocycles. The molecule has 28 heavy (non-hydrogen) atoms. The molecule has 0 saturated carbocycles. The number of nitrogens with one attached hydrogen (secondary N) is 1. The molecule has 6 nitrogen and oxygen atoms in total. The van der Waals surface area contributed by atoms with Crippen LogP contribution in [0.5, 0.6) is 5.88 Å². The lowest BCUT2D eigenvalue weighted by molar-refractivity contribution is -0.128. The minimum absolute atomic E-state index is 0.269. The van der Waals surface area contributed by atoms with Gasteiger partial charge in [0.2, 0.25) is 5.88 Å². The fourth-order valence-corrected chi connectivity index (χ4v) is 2.64. The summed E-state index contributed by atoms with van der Waals surface area (Å²) in [5, 5.41) is 10.5. The van der Waals surface area contributed by atoms with E-state index in [0.717, 1.165) is 16.7 Å². The number of carbonyl (C=O) groups is 1. The maximum Gasteiger partial charge on any atom is 0.268 e. The number of carbonyl (C=O) groups excluding carboxylic acids is 1. The van der Waals surface area contributed by atoms with E-state index in [-0.39, 0.29) is 5.91 Å². The van der Waals surface area contributed by atoms with E-state index in [4.69, 9.17) is 9.47 Å². The molecule has 0 aliphatic rings. The van der Waals surface area contributed by atoms with Gasteiger partial charge in [0.1, 0.15) is 0 Å². The number of anilines is 1. The highest BCUT2D eigenvalue weighted by Gasteiger charge is 2.30. The molecule has 0 saturated heterocycles. The van der Waals surface area contributed by atoms with Gasteiger partial charge in [-0.25, -0.2) is 0 Å². The van der Waals surface area contributed by atoms with Gasteiger partial charge in [-0.05, 0) is 48.7 Å². The van der Waals surface area contributed by atoms with Crippen molar-refractivity contribution in [3.8, 4) is 17.0 Å². The number of aromatic nitrogens is 2. The van der Waals surface area contributed by atoms with Crippen LogP contribution in [0.4, 0.5) is 5.69 Å². The maximum absolute atomic E-state index is 12.6. The summed E-state index contributed by atoms with van der Waals surface area (Å²) >= 11 is 0. The third-order valence-electron chi connectivity index (χ3n) is 4.20. The van der Waals surface area contributed by atoms with Gasteiger partial charge in [0.15, 0.2) is 5.60 Å². The summed E-state index contributed by atoms with van der Waals surface area (Å²) in [6, 6.07) is 19.2. The Balaban J connectivity index is 1.65. The first kappa shape index (κ1) is 19.5. The van der Waals surface area contributed by atoms with Crippen LogP contribution in [0, 0.1) is 0 Å². The molecule has 1 amide bonds. The first-order valence-corrected chi connectivity index (χ1v) is 8.94. The lowest BCUT2D eigenvalue weighted by Crippen LogP contribution is -2.42. The van der Waals surface area contributed by atoms with E-state index in [1.165, 1.54) is 0 Å². The van der Waals surface area contributed by atoms with Gasteiger partial charge in [0.05, 0.1) is 6.61 Å². The molecule has 0 fully saturated rings. The van der Waals surface area contributed by atoms with E-state index in [0.29, 0.717) is 18.2 Å². The summed E-state index contributed by atoms with van der Waals surface area (Å²) in [4.78, 5) is 12.6. The van der Waals surface area contributed by atoms with Crippen LogP contribution in [0.25, 0.3) is 11.1 Å². The van der Waals surface area contributed by atoms with Gasteiger partial charge < -0.3 is 14.8 Å². The summed E-state index contributed by atoms with van der Waals surface area (Å²) in [6.45, 7) is 3.97. The van der Waals surface area contributed by atoms with Gasteiger partial charge in [-0.2, -0.15) is 5.10 Å². The number of hydrogen-bond donors (Lipinski definition) is 1. The second-order valence-corrected chi connectivity index (χ2v) is 6.84. The average molecular weight is 377 g/mol. The zero-order valence-corrected chi connectivity index (χ0v) is 16.2. The van der Waals surface area contributed by atoms with Crippen molar-refractivity contribution in [3.63, 3.8) is 0 Å². The minimum Gasteiger partial charge on any atom is -0.460 e. The molecular formula is C22H23N3O3. The Morgan fingerprint density at radius 1 is 1.00 bits per heavy atom. The summed E-state index contributed by atoms with van der Waals surface area (Å²) in [7, 11) is 1.68. The van der Waals surface area contributed by atoms with Gasteiger partial charge in [-0.3, -0.25) is 4.79 Å². The predicted octanol–water partition coefficient (Wildman–Crippen LogP) is 4.09. The lowest BCUT2D eigenvalue weighted by Gasteiger charge is -2.24. The summed E-state index contributed by atoms with van der Waals surface area (Å²) in [6.07, 6.45) is 1.55. The number of benzene rings is 2.